The molecule has 0 saturated heterocycles. The molecular formula is C29H38N4O3S. The van der Waals surface area contributed by atoms with Crippen LogP contribution in [0.2, 0.25) is 0 Å². The van der Waals surface area contributed by atoms with Crippen molar-refractivity contribution in [2.24, 2.45) is 5.92 Å². The largest absolute Gasteiger partial charge is 0.482 e. The summed E-state index contributed by atoms with van der Waals surface area (Å²) in [6.07, 6.45) is 0.296. The van der Waals surface area contributed by atoms with Crippen LogP contribution in [0.5, 0.6) is 5.75 Å². The number of anilines is 1. The highest BCUT2D eigenvalue weighted by Gasteiger charge is 2.26. The van der Waals surface area contributed by atoms with E-state index in [0.29, 0.717) is 41.2 Å². The zero-order valence-corrected chi connectivity index (χ0v) is 23.6. The van der Waals surface area contributed by atoms with Crippen molar-refractivity contribution in [2.45, 2.75) is 83.9 Å². The number of hydrogen-bond donors (Lipinski definition) is 1. The van der Waals surface area contributed by atoms with Crippen LogP contribution in [0.15, 0.2) is 53.7 Å². The van der Waals surface area contributed by atoms with Crippen molar-refractivity contribution in [3.8, 4) is 5.75 Å². The summed E-state index contributed by atoms with van der Waals surface area (Å²) in [4.78, 5) is 24.9. The van der Waals surface area contributed by atoms with Gasteiger partial charge in [-0.2, -0.15) is 0 Å². The topological polar surface area (TPSA) is 86.1 Å². The molecule has 3 aromatic rings. The second kappa shape index (κ2) is 12.9. The normalized spacial score (nSPS) is 13.0. The second-order valence-corrected chi connectivity index (χ2v) is 11.1. The fourth-order valence-corrected chi connectivity index (χ4v) is 4.99. The van der Waals surface area contributed by atoms with Gasteiger partial charge in [-0.3, -0.25) is 9.59 Å². The first kappa shape index (κ1) is 28.4. The highest BCUT2D eigenvalue weighted by atomic mass is 32.2. The third-order valence-corrected chi connectivity index (χ3v) is 7.29. The van der Waals surface area contributed by atoms with E-state index < -0.39 is 0 Å². The molecule has 0 radical (unpaired) electrons. The molecule has 7 nitrogen and oxygen atoms in total. The number of hydrogen-bond acceptors (Lipinski definition) is 6. The van der Waals surface area contributed by atoms with Crippen LogP contribution < -0.4 is 10.1 Å². The molecule has 0 aliphatic carbocycles. The molecule has 0 bridgehead atoms. The maximum absolute atomic E-state index is 13.1. The van der Waals surface area contributed by atoms with Gasteiger partial charge in [0.15, 0.2) is 22.9 Å². The number of aromatic nitrogens is 3. The average Bonchev–Trinajstić information content (AvgIpc) is 3.24. The number of benzene rings is 2. The van der Waals surface area contributed by atoms with Crippen LogP contribution in [0, 0.1) is 5.92 Å². The third kappa shape index (κ3) is 7.44. The number of carbonyl (C=O) groups is 2. The molecule has 2 unspecified atom stereocenters. The van der Waals surface area contributed by atoms with Crippen molar-refractivity contribution < 1.29 is 14.3 Å². The summed E-state index contributed by atoms with van der Waals surface area (Å²) in [7, 11) is 0. The number of nitrogens with zero attached hydrogens (tertiary/aromatic N) is 3. The van der Waals surface area contributed by atoms with Gasteiger partial charge in [-0.25, -0.2) is 0 Å². The Morgan fingerprint density at radius 1 is 1.03 bits per heavy atom. The van der Waals surface area contributed by atoms with Crippen LogP contribution in [0.4, 0.5) is 5.69 Å². The summed E-state index contributed by atoms with van der Waals surface area (Å²) in [6.45, 7) is 14.8. The molecule has 8 heteroatoms. The lowest BCUT2D eigenvalue weighted by Gasteiger charge is -2.21. The SMILES string of the molecule is CCC(Sc1nnc(C(C)Oc2ccccc2C(C)C)n1CC(C)C)C(=O)Nc1cccc(C(C)=O)c1. The number of rotatable bonds is 12. The number of amides is 1. The van der Waals surface area contributed by atoms with Crippen LogP contribution in [-0.2, 0) is 11.3 Å². The molecule has 2 aromatic carbocycles. The smallest absolute Gasteiger partial charge is 0.237 e. The summed E-state index contributed by atoms with van der Waals surface area (Å²) in [5.41, 5.74) is 2.32. The zero-order valence-electron chi connectivity index (χ0n) is 22.8. The van der Waals surface area contributed by atoms with Crippen LogP contribution >= 0.6 is 11.8 Å². The molecule has 3 rings (SSSR count). The molecule has 2 atom stereocenters. The fraction of sp³-hybridized carbons (Fsp3) is 0.448. The Labute approximate surface area is 224 Å². The Morgan fingerprint density at radius 3 is 2.41 bits per heavy atom. The minimum Gasteiger partial charge on any atom is -0.482 e. The Hall–Kier alpha value is -3.13. The molecule has 0 saturated carbocycles. The standard InChI is InChI=1S/C29H38N4O3S/c1-8-26(28(35)30-23-13-11-12-22(16-23)20(6)34)37-29-32-31-27(33(29)17-18(2)3)21(7)36-25-15-10-9-14-24(25)19(4)5/h9-16,18-19,21,26H,8,17H2,1-7H3,(H,30,35). The molecule has 198 valence electrons. The number of para-hydroxylation sites is 1. The quantitative estimate of drug-likeness (QED) is 0.205. The highest BCUT2D eigenvalue weighted by Crippen LogP contribution is 2.32. The molecule has 1 aromatic heterocycles. The molecule has 1 amide bonds. The second-order valence-electron chi connectivity index (χ2n) is 9.94. The van der Waals surface area contributed by atoms with Gasteiger partial charge >= 0.3 is 0 Å². The monoisotopic (exact) mass is 522 g/mol. The van der Waals surface area contributed by atoms with E-state index in [9.17, 15) is 9.59 Å². The number of ketones is 1. The van der Waals surface area contributed by atoms with Crippen LogP contribution in [0.3, 0.4) is 0 Å². The van der Waals surface area contributed by atoms with E-state index in [2.05, 4.69) is 53.8 Å². The average molecular weight is 523 g/mol. The Bertz CT molecular complexity index is 1220. The maximum atomic E-state index is 13.1. The van der Waals surface area contributed by atoms with Crippen molar-refractivity contribution in [1.82, 2.24) is 14.8 Å². The van der Waals surface area contributed by atoms with Gasteiger partial charge in [0.25, 0.3) is 0 Å². The predicted molar refractivity (Wildman–Crippen MR) is 149 cm³/mol. The van der Waals surface area contributed by atoms with E-state index in [1.54, 1.807) is 24.3 Å². The van der Waals surface area contributed by atoms with Gasteiger partial charge in [-0.05, 0) is 55.9 Å². The van der Waals surface area contributed by atoms with Crippen LogP contribution in [0.1, 0.15) is 88.7 Å². The lowest BCUT2D eigenvalue weighted by Crippen LogP contribution is -2.25. The molecule has 0 aliphatic heterocycles. The number of nitrogens with one attached hydrogen (secondary N) is 1. The third-order valence-electron chi connectivity index (χ3n) is 5.95. The van der Waals surface area contributed by atoms with Crippen molar-refractivity contribution in [3.63, 3.8) is 0 Å². The van der Waals surface area contributed by atoms with E-state index >= 15 is 0 Å². The first-order valence-corrected chi connectivity index (χ1v) is 13.8. The van der Waals surface area contributed by atoms with Gasteiger partial charge in [-0.15, -0.1) is 10.2 Å². The zero-order chi connectivity index (χ0) is 27.1. The van der Waals surface area contributed by atoms with Crippen molar-refractivity contribution in [2.75, 3.05) is 5.32 Å². The van der Waals surface area contributed by atoms with Crippen molar-refractivity contribution >= 4 is 29.1 Å². The lowest BCUT2D eigenvalue weighted by atomic mass is 10.0. The number of carbonyl (C=O) groups excluding carboxylic acids is 2. The summed E-state index contributed by atoms with van der Waals surface area (Å²) in [6, 6.07) is 15.1. The van der Waals surface area contributed by atoms with Gasteiger partial charge in [0.1, 0.15) is 5.75 Å². The van der Waals surface area contributed by atoms with Crippen LogP contribution in [0.25, 0.3) is 0 Å². The van der Waals surface area contributed by atoms with E-state index in [1.165, 1.54) is 18.7 Å². The number of thioether (sulfide) groups is 1. The first-order chi connectivity index (χ1) is 17.6. The molecule has 0 fully saturated rings. The van der Waals surface area contributed by atoms with Gasteiger partial charge in [0, 0.05) is 17.8 Å². The Kier molecular flexibility index (Phi) is 9.92. The van der Waals surface area contributed by atoms with Gasteiger partial charge in [0.05, 0.1) is 5.25 Å². The Balaban J connectivity index is 1.82. The molecule has 1 heterocycles. The van der Waals surface area contributed by atoms with Crippen molar-refractivity contribution in [3.05, 3.63) is 65.5 Å². The highest BCUT2D eigenvalue weighted by molar-refractivity contribution is 8.00. The minimum absolute atomic E-state index is 0.0424. The summed E-state index contributed by atoms with van der Waals surface area (Å²) < 4.78 is 8.45. The van der Waals surface area contributed by atoms with E-state index in [1.807, 2.05) is 32.0 Å². The van der Waals surface area contributed by atoms with Crippen molar-refractivity contribution in [1.29, 1.82) is 0 Å². The summed E-state index contributed by atoms with van der Waals surface area (Å²) >= 11 is 1.40. The summed E-state index contributed by atoms with van der Waals surface area (Å²) in [5.74, 6) is 2.09. The Morgan fingerprint density at radius 2 is 1.76 bits per heavy atom. The number of ether oxygens (including phenoxy) is 1. The lowest BCUT2D eigenvalue weighted by molar-refractivity contribution is -0.115. The van der Waals surface area contributed by atoms with E-state index in [4.69, 9.17) is 4.74 Å². The van der Waals surface area contributed by atoms with Crippen LogP contribution in [-0.4, -0.2) is 31.7 Å². The maximum Gasteiger partial charge on any atom is 0.237 e. The molecule has 0 aliphatic rings. The predicted octanol–water partition coefficient (Wildman–Crippen LogP) is 6.91. The molecule has 37 heavy (non-hydrogen) atoms. The van der Waals surface area contributed by atoms with E-state index in [-0.39, 0.29) is 23.0 Å². The molecule has 1 N–H and O–H groups in total. The molecule has 0 spiro atoms. The first-order valence-electron chi connectivity index (χ1n) is 12.9. The molecular weight excluding hydrogens is 484 g/mol. The minimum atomic E-state index is -0.373. The fourth-order valence-electron chi connectivity index (χ4n) is 4.02. The van der Waals surface area contributed by atoms with Gasteiger partial charge in [0.2, 0.25) is 5.91 Å². The van der Waals surface area contributed by atoms with Gasteiger partial charge in [-0.1, -0.05) is 76.7 Å². The summed E-state index contributed by atoms with van der Waals surface area (Å²) in [5, 5.41) is 12.2. The number of Topliss-reactive ketones (excluding diaryl/α,β-unsaturated/α-hetero) is 1. The van der Waals surface area contributed by atoms with E-state index in [0.717, 1.165) is 17.1 Å². The van der Waals surface area contributed by atoms with Gasteiger partial charge < -0.3 is 14.6 Å².